The topological polar surface area (TPSA) is 67.4 Å². The van der Waals surface area contributed by atoms with Crippen molar-refractivity contribution in [3.8, 4) is 0 Å². The second-order valence-corrected chi connectivity index (χ2v) is 5.82. The van der Waals surface area contributed by atoms with Crippen molar-refractivity contribution in [1.82, 2.24) is 10.6 Å². The second kappa shape index (κ2) is 10.3. The Kier molecular flexibility index (Phi) is 7.76. The Morgan fingerprint density at radius 2 is 1.58 bits per heavy atom. The second-order valence-electron chi connectivity index (χ2n) is 5.82. The lowest BCUT2D eigenvalue weighted by Crippen LogP contribution is -2.27. The van der Waals surface area contributed by atoms with Crippen LogP contribution in [0, 0.1) is 5.82 Å². The highest BCUT2D eigenvalue weighted by molar-refractivity contribution is 5.99. The molecular weight excluding hydrogens is 335 g/mol. The lowest BCUT2D eigenvalue weighted by Gasteiger charge is -2.08. The van der Waals surface area contributed by atoms with Crippen LogP contribution in [0.1, 0.15) is 32.7 Å². The smallest absolute Gasteiger partial charge is 0.251 e. The lowest BCUT2D eigenvalue weighted by molar-refractivity contribution is 0.0948. The molecule has 138 valence electrons. The van der Waals surface area contributed by atoms with Crippen LogP contribution in [-0.4, -0.2) is 38.6 Å². The Bertz CT molecular complexity index is 732. The Morgan fingerprint density at radius 3 is 2.19 bits per heavy atom. The van der Waals surface area contributed by atoms with E-state index in [4.69, 9.17) is 4.74 Å². The third-order valence-corrected chi connectivity index (χ3v) is 3.81. The van der Waals surface area contributed by atoms with Crippen LogP contribution in [0.25, 0.3) is 0 Å². The minimum absolute atomic E-state index is 0.220. The predicted molar refractivity (Wildman–Crippen MR) is 97.7 cm³/mol. The summed E-state index contributed by atoms with van der Waals surface area (Å²) < 4.78 is 17.8. The number of benzene rings is 2. The van der Waals surface area contributed by atoms with Gasteiger partial charge < -0.3 is 15.4 Å². The van der Waals surface area contributed by atoms with Gasteiger partial charge in [0.05, 0.1) is 0 Å². The molecule has 0 aliphatic heterocycles. The van der Waals surface area contributed by atoms with Crippen LogP contribution in [0.5, 0.6) is 0 Å². The fraction of sp³-hybridized carbons (Fsp3) is 0.300. The molecule has 2 amide bonds. The average molecular weight is 358 g/mol. The molecule has 26 heavy (non-hydrogen) atoms. The molecule has 0 saturated carbocycles. The molecule has 0 radical (unpaired) electrons. The maximum absolute atomic E-state index is 12.9. The summed E-state index contributed by atoms with van der Waals surface area (Å²) in [6.45, 7) is 1.52. The summed E-state index contributed by atoms with van der Waals surface area (Å²) >= 11 is 0. The first-order chi connectivity index (χ1) is 12.6. The number of ether oxygens (including phenoxy) is 1. The summed E-state index contributed by atoms with van der Waals surface area (Å²) in [4.78, 5) is 24.3. The Morgan fingerprint density at radius 1 is 0.962 bits per heavy atom. The highest BCUT2D eigenvalue weighted by Gasteiger charge is 2.10. The molecule has 6 heteroatoms. The Hall–Kier alpha value is -2.73. The molecule has 0 heterocycles. The number of carbonyl (C=O) groups excluding carboxylic acids is 2. The molecule has 0 aromatic heterocycles. The monoisotopic (exact) mass is 358 g/mol. The molecule has 5 nitrogen and oxygen atoms in total. The van der Waals surface area contributed by atoms with Gasteiger partial charge in [0.15, 0.2) is 0 Å². The molecule has 0 aliphatic rings. The molecule has 0 saturated heterocycles. The number of rotatable bonds is 9. The fourth-order valence-electron chi connectivity index (χ4n) is 2.40. The van der Waals surface area contributed by atoms with E-state index in [-0.39, 0.29) is 17.6 Å². The molecule has 0 spiro atoms. The first-order valence-corrected chi connectivity index (χ1v) is 8.50. The molecule has 0 aliphatic carbocycles. The van der Waals surface area contributed by atoms with Gasteiger partial charge in [-0.2, -0.15) is 0 Å². The summed E-state index contributed by atoms with van der Waals surface area (Å²) in [6.07, 6.45) is 1.33. The van der Waals surface area contributed by atoms with Crippen molar-refractivity contribution in [3.05, 3.63) is 71.0 Å². The first-order valence-electron chi connectivity index (χ1n) is 8.50. The minimum atomic E-state index is -0.282. The van der Waals surface area contributed by atoms with Crippen LogP contribution in [0.4, 0.5) is 4.39 Å². The maximum atomic E-state index is 12.9. The van der Waals surface area contributed by atoms with Gasteiger partial charge in [0.25, 0.3) is 11.8 Å². The fourth-order valence-corrected chi connectivity index (χ4v) is 2.40. The molecule has 0 unspecified atom stereocenters. The van der Waals surface area contributed by atoms with Crippen molar-refractivity contribution < 1.29 is 18.7 Å². The van der Waals surface area contributed by atoms with E-state index < -0.39 is 0 Å². The van der Waals surface area contributed by atoms with Gasteiger partial charge >= 0.3 is 0 Å². The van der Waals surface area contributed by atoms with E-state index in [1.807, 2.05) is 0 Å². The first kappa shape index (κ1) is 19.6. The predicted octanol–water partition coefficient (Wildman–Crippen LogP) is 2.56. The van der Waals surface area contributed by atoms with E-state index in [9.17, 15) is 14.0 Å². The molecule has 0 fully saturated rings. The lowest BCUT2D eigenvalue weighted by atomic mass is 10.1. The molecule has 0 bridgehead atoms. The van der Waals surface area contributed by atoms with Gasteiger partial charge in [0, 0.05) is 37.9 Å². The van der Waals surface area contributed by atoms with Crippen molar-refractivity contribution >= 4 is 11.8 Å². The standard InChI is InChI=1S/C20H23FN2O3/c1-26-13-3-11-22-19(24)16-4-2-5-17(14-16)20(25)23-12-10-15-6-8-18(21)9-7-15/h2,4-9,14H,3,10-13H2,1H3,(H,22,24)(H,23,25). The number of halogens is 1. The van der Waals surface area contributed by atoms with E-state index in [0.29, 0.717) is 37.2 Å². The average Bonchev–Trinajstić information content (AvgIpc) is 2.66. The molecule has 2 aromatic rings. The van der Waals surface area contributed by atoms with Crippen molar-refractivity contribution in [3.63, 3.8) is 0 Å². The highest BCUT2D eigenvalue weighted by Crippen LogP contribution is 2.06. The zero-order valence-corrected chi connectivity index (χ0v) is 14.8. The van der Waals surface area contributed by atoms with Gasteiger partial charge in [-0.15, -0.1) is 0 Å². The van der Waals surface area contributed by atoms with E-state index in [1.54, 1.807) is 43.5 Å². The van der Waals surface area contributed by atoms with Crippen LogP contribution >= 0.6 is 0 Å². The van der Waals surface area contributed by atoms with E-state index >= 15 is 0 Å². The quantitative estimate of drug-likeness (QED) is 0.677. The molecule has 2 N–H and O–H groups in total. The largest absolute Gasteiger partial charge is 0.385 e. The van der Waals surface area contributed by atoms with Crippen LogP contribution in [0.3, 0.4) is 0 Å². The minimum Gasteiger partial charge on any atom is -0.385 e. The summed E-state index contributed by atoms with van der Waals surface area (Å²) in [5.74, 6) is -0.752. The molecule has 2 rings (SSSR count). The number of hydrogen-bond acceptors (Lipinski definition) is 3. The van der Waals surface area contributed by atoms with Gasteiger partial charge in [0.1, 0.15) is 5.82 Å². The SMILES string of the molecule is COCCCNC(=O)c1cccc(C(=O)NCCc2ccc(F)cc2)c1. The normalized spacial score (nSPS) is 10.4. The van der Waals surface area contributed by atoms with Crippen LogP contribution in [0.15, 0.2) is 48.5 Å². The van der Waals surface area contributed by atoms with Gasteiger partial charge in [-0.05, 0) is 48.7 Å². The summed E-state index contributed by atoms with van der Waals surface area (Å²) in [5.41, 5.74) is 1.80. The van der Waals surface area contributed by atoms with Gasteiger partial charge in [0.2, 0.25) is 0 Å². The third kappa shape index (κ3) is 6.29. The number of hydrogen-bond donors (Lipinski definition) is 2. The Labute approximate surface area is 152 Å². The summed E-state index contributed by atoms with van der Waals surface area (Å²) in [5, 5.41) is 5.60. The van der Waals surface area contributed by atoms with Gasteiger partial charge in [-0.25, -0.2) is 4.39 Å². The molecule has 0 atom stereocenters. The van der Waals surface area contributed by atoms with E-state index in [1.165, 1.54) is 12.1 Å². The van der Waals surface area contributed by atoms with Crippen molar-refractivity contribution in [2.24, 2.45) is 0 Å². The van der Waals surface area contributed by atoms with Crippen LogP contribution < -0.4 is 10.6 Å². The Balaban J connectivity index is 1.84. The van der Waals surface area contributed by atoms with Crippen molar-refractivity contribution in [1.29, 1.82) is 0 Å². The van der Waals surface area contributed by atoms with E-state index in [2.05, 4.69) is 10.6 Å². The van der Waals surface area contributed by atoms with Crippen LogP contribution in [0.2, 0.25) is 0 Å². The number of nitrogens with one attached hydrogen (secondary N) is 2. The highest BCUT2D eigenvalue weighted by atomic mass is 19.1. The summed E-state index contributed by atoms with van der Waals surface area (Å²) in [7, 11) is 1.61. The van der Waals surface area contributed by atoms with Gasteiger partial charge in [-0.3, -0.25) is 9.59 Å². The maximum Gasteiger partial charge on any atom is 0.251 e. The number of amides is 2. The zero-order chi connectivity index (χ0) is 18.8. The summed E-state index contributed by atoms with van der Waals surface area (Å²) in [6, 6.07) is 12.7. The molecular formula is C20H23FN2O3. The number of methoxy groups -OCH3 is 1. The molecule has 2 aromatic carbocycles. The zero-order valence-electron chi connectivity index (χ0n) is 14.8. The van der Waals surface area contributed by atoms with Crippen molar-refractivity contribution in [2.75, 3.05) is 26.8 Å². The van der Waals surface area contributed by atoms with Crippen LogP contribution in [-0.2, 0) is 11.2 Å². The van der Waals surface area contributed by atoms with E-state index in [0.717, 1.165) is 12.0 Å². The number of carbonyl (C=O) groups is 2. The van der Waals surface area contributed by atoms with Crippen molar-refractivity contribution in [2.45, 2.75) is 12.8 Å². The van der Waals surface area contributed by atoms with Gasteiger partial charge in [-0.1, -0.05) is 18.2 Å². The third-order valence-electron chi connectivity index (χ3n) is 3.81.